The van der Waals surface area contributed by atoms with Crippen molar-refractivity contribution < 1.29 is 0 Å². The first-order chi connectivity index (χ1) is 8.81. The molecule has 0 fully saturated rings. The number of aromatic nitrogens is 3. The van der Waals surface area contributed by atoms with Crippen molar-refractivity contribution in [3.63, 3.8) is 0 Å². The predicted octanol–water partition coefficient (Wildman–Crippen LogP) is 2.68. The Morgan fingerprint density at radius 3 is 2.61 bits per heavy atom. The van der Waals surface area contributed by atoms with Crippen LogP contribution >= 0.6 is 11.3 Å². The first kappa shape index (κ1) is 12.8. The predicted molar refractivity (Wildman–Crippen MR) is 75.0 cm³/mol. The van der Waals surface area contributed by atoms with Crippen LogP contribution in [0.15, 0.2) is 17.9 Å². The fourth-order valence-corrected chi connectivity index (χ4v) is 2.11. The van der Waals surface area contributed by atoms with Gasteiger partial charge in [-0.3, -0.25) is 0 Å². The van der Waals surface area contributed by atoms with Gasteiger partial charge < -0.3 is 10.6 Å². The third-order valence-electron chi connectivity index (χ3n) is 2.52. The number of nitrogens with zero attached hydrogens (tertiary/aromatic N) is 3. The van der Waals surface area contributed by atoms with Crippen LogP contribution in [0, 0.1) is 6.92 Å². The first-order valence-corrected chi connectivity index (χ1v) is 6.87. The number of hydrogen-bond donors (Lipinski definition) is 2. The Morgan fingerprint density at radius 2 is 1.94 bits per heavy atom. The van der Waals surface area contributed by atoms with Crippen molar-refractivity contribution in [3.05, 3.63) is 28.5 Å². The van der Waals surface area contributed by atoms with Gasteiger partial charge in [-0.25, -0.2) is 15.0 Å². The molecule has 2 heterocycles. The van der Waals surface area contributed by atoms with E-state index in [0.717, 1.165) is 35.2 Å². The van der Waals surface area contributed by atoms with Crippen LogP contribution in [0.5, 0.6) is 0 Å². The van der Waals surface area contributed by atoms with E-state index >= 15 is 0 Å². The standard InChI is InChI=1S/C12H17N5S/c1-3-4-14-11-9(2)12(17-8-16-11)15-7-10-13-5-6-18-10/h5-6,8H,3-4,7H2,1-2H3,(H2,14,15,16,17). The van der Waals surface area contributed by atoms with Crippen molar-refractivity contribution in [1.29, 1.82) is 0 Å². The Balaban J connectivity index is 2.03. The largest absolute Gasteiger partial charge is 0.370 e. The van der Waals surface area contributed by atoms with Gasteiger partial charge in [-0.05, 0) is 13.3 Å². The molecule has 18 heavy (non-hydrogen) atoms. The quantitative estimate of drug-likeness (QED) is 0.839. The maximum atomic E-state index is 4.26. The molecule has 6 heteroatoms. The van der Waals surface area contributed by atoms with E-state index in [2.05, 4.69) is 32.5 Å². The molecular formula is C12H17N5S. The van der Waals surface area contributed by atoms with Crippen LogP contribution in [0.2, 0.25) is 0 Å². The highest BCUT2D eigenvalue weighted by Crippen LogP contribution is 2.19. The lowest BCUT2D eigenvalue weighted by atomic mass is 10.3. The molecule has 5 nitrogen and oxygen atoms in total. The molecule has 0 aromatic carbocycles. The topological polar surface area (TPSA) is 62.7 Å². The molecule has 0 atom stereocenters. The summed E-state index contributed by atoms with van der Waals surface area (Å²) in [6.45, 7) is 5.76. The Labute approximate surface area is 111 Å². The van der Waals surface area contributed by atoms with E-state index in [4.69, 9.17) is 0 Å². The second-order valence-electron chi connectivity index (χ2n) is 3.90. The van der Waals surface area contributed by atoms with Gasteiger partial charge in [0.05, 0.1) is 6.54 Å². The average molecular weight is 263 g/mol. The van der Waals surface area contributed by atoms with Gasteiger partial charge >= 0.3 is 0 Å². The fraction of sp³-hybridized carbons (Fsp3) is 0.417. The van der Waals surface area contributed by atoms with E-state index in [1.165, 1.54) is 0 Å². The fourth-order valence-electron chi connectivity index (χ4n) is 1.55. The summed E-state index contributed by atoms with van der Waals surface area (Å²) >= 11 is 1.63. The number of anilines is 2. The minimum Gasteiger partial charge on any atom is -0.370 e. The van der Waals surface area contributed by atoms with Crippen LogP contribution in [-0.4, -0.2) is 21.5 Å². The second-order valence-corrected chi connectivity index (χ2v) is 4.88. The molecule has 0 bridgehead atoms. The van der Waals surface area contributed by atoms with Gasteiger partial charge in [0.2, 0.25) is 0 Å². The second kappa shape index (κ2) is 6.30. The van der Waals surface area contributed by atoms with Crippen LogP contribution in [0.1, 0.15) is 23.9 Å². The van der Waals surface area contributed by atoms with E-state index in [1.807, 2.05) is 18.5 Å². The van der Waals surface area contributed by atoms with E-state index in [0.29, 0.717) is 6.54 Å². The van der Waals surface area contributed by atoms with Crippen molar-refractivity contribution in [3.8, 4) is 0 Å². The number of nitrogens with one attached hydrogen (secondary N) is 2. The van der Waals surface area contributed by atoms with E-state index in [9.17, 15) is 0 Å². The Morgan fingerprint density at radius 1 is 1.17 bits per heavy atom. The van der Waals surface area contributed by atoms with E-state index in [1.54, 1.807) is 17.7 Å². The van der Waals surface area contributed by atoms with Crippen molar-refractivity contribution in [1.82, 2.24) is 15.0 Å². The third kappa shape index (κ3) is 3.16. The average Bonchev–Trinajstić information content (AvgIpc) is 2.89. The van der Waals surface area contributed by atoms with E-state index in [-0.39, 0.29) is 0 Å². The van der Waals surface area contributed by atoms with Crippen LogP contribution < -0.4 is 10.6 Å². The van der Waals surface area contributed by atoms with Crippen LogP contribution in [0.4, 0.5) is 11.6 Å². The molecule has 0 saturated heterocycles. The van der Waals surface area contributed by atoms with Gasteiger partial charge in [0, 0.05) is 23.7 Å². The lowest BCUT2D eigenvalue weighted by Gasteiger charge is -2.11. The molecule has 2 aromatic heterocycles. The zero-order valence-electron chi connectivity index (χ0n) is 10.6. The summed E-state index contributed by atoms with van der Waals surface area (Å²) in [6.07, 6.45) is 4.46. The monoisotopic (exact) mass is 263 g/mol. The maximum Gasteiger partial charge on any atom is 0.134 e. The van der Waals surface area contributed by atoms with Gasteiger partial charge in [0.25, 0.3) is 0 Å². The van der Waals surface area contributed by atoms with Crippen LogP contribution in [-0.2, 0) is 6.54 Å². The number of thiazole rings is 1. The lowest BCUT2D eigenvalue weighted by molar-refractivity contribution is 0.956. The van der Waals surface area contributed by atoms with Crippen molar-refractivity contribution in [2.75, 3.05) is 17.2 Å². The smallest absolute Gasteiger partial charge is 0.134 e. The Kier molecular flexibility index (Phi) is 4.46. The minimum absolute atomic E-state index is 0.697. The summed E-state index contributed by atoms with van der Waals surface area (Å²) in [5.41, 5.74) is 1.04. The maximum absolute atomic E-state index is 4.26. The zero-order valence-corrected chi connectivity index (χ0v) is 11.4. The summed E-state index contributed by atoms with van der Waals surface area (Å²) in [4.78, 5) is 12.7. The highest BCUT2D eigenvalue weighted by atomic mass is 32.1. The van der Waals surface area contributed by atoms with Crippen molar-refractivity contribution >= 4 is 23.0 Å². The molecule has 0 aliphatic carbocycles. The minimum atomic E-state index is 0.697. The molecule has 0 spiro atoms. The molecule has 0 saturated carbocycles. The van der Waals surface area contributed by atoms with Gasteiger partial charge in [0.1, 0.15) is 23.0 Å². The van der Waals surface area contributed by atoms with Gasteiger partial charge in [-0.15, -0.1) is 11.3 Å². The summed E-state index contributed by atoms with van der Waals surface area (Å²) in [7, 11) is 0. The van der Waals surface area contributed by atoms with Crippen LogP contribution in [0.3, 0.4) is 0 Å². The Hall–Kier alpha value is -1.69. The van der Waals surface area contributed by atoms with Crippen molar-refractivity contribution in [2.45, 2.75) is 26.8 Å². The summed E-state index contributed by atoms with van der Waals surface area (Å²) in [5.74, 6) is 1.76. The summed E-state index contributed by atoms with van der Waals surface area (Å²) in [6, 6.07) is 0. The van der Waals surface area contributed by atoms with Gasteiger partial charge in [0.15, 0.2) is 0 Å². The van der Waals surface area contributed by atoms with Crippen molar-refractivity contribution in [2.24, 2.45) is 0 Å². The summed E-state index contributed by atoms with van der Waals surface area (Å²) < 4.78 is 0. The number of hydrogen-bond acceptors (Lipinski definition) is 6. The molecule has 2 rings (SSSR count). The van der Waals surface area contributed by atoms with E-state index < -0.39 is 0 Å². The molecular weight excluding hydrogens is 246 g/mol. The highest BCUT2D eigenvalue weighted by Gasteiger charge is 2.06. The Bertz CT molecular complexity index is 483. The SMILES string of the molecule is CCCNc1ncnc(NCc2nccs2)c1C. The van der Waals surface area contributed by atoms with Crippen LogP contribution in [0.25, 0.3) is 0 Å². The molecule has 0 unspecified atom stereocenters. The molecule has 0 radical (unpaired) electrons. The molecule has 2 N–H and O–H groups in total. The lowest BCUT2D eigenvalue weighted by Crippen LogP contribution is -2.08. The van der Waals surface area contributed by atoms with Gasteiger partial charge in [-0.2, -0.15) is 0 Å². The third-order valence-corrected chi connectivity index (χ3v) is 3.30. The molecule has 2 aromatic rings. The summed E-state index contributed by atoms with van der Waals surface area (Å²) in [5, 5.41) is 9.60. The van der Waals surface area contributed by atoms with Gasteiger partial charge in [-0.1, -0.05) is 6.92 Å². The molecule has 96 valence electrons. The zero-order chi connectivity index (χ0) is 12.8. The number of rotatable bonds is 6. The highest BCUT2D eigenvalue weighted by molar-refractivity contribution is 7.09. The first-order valence-electron chi connectivity index (χ1n) is 5.99. The molecule has 0 aliphatic heterocycles. The normalized spacial score (nSPS) is 10.3. The molecule has 0 aliphatic rings. The molecule has 0 amide bonds.